The molecule has 0 saturated heterocycles. The van der Waals surface area contributed by atoms with E-state index in [1.165, 1.54) is 6.92 Å². The standard InChI is InChI=1S/C7H5ClFNO/c1-4(11)6-2-5(9)3-7(8)10-6/h2-3H,1H3. The fourth-order valence-electron chi connectivity index (χ4n) is 0.646. The first-order valence-corrected chi connectivity index (χ1v) is 3.31. The molecule has 0 N–H and O–H groups in total. The van der Waals surface area contributed by atoms with Crippen LogP contribution in [0.25, 0.3) is 0 Å². The van der Waals surface area contributed by atoms with E-state index in [0.717, 1.165) is 12.1 Å². The number of hydrogen-bond donors (Lipinski definition) is 0. The molecular formula is C7H5ClFNO. The molecule has 2 nitrogen and oxygen atoms in total. The van der Waals surface area contributed by atoms with Gasteiger partial charge in [-0.3, -0.25) is 4.79 Å². The molecule has 58 valence electrons. The summed E-state index contributed by atoms with van der Waals surface area (Å²) in [5.41, 5.74) is 0.0509. The Morgan fingerprint density at radius 2 is 2.27 bits per heavy atom. The van der Waals surface area contributed by atoms with E-state index in [-0.39, 0.29) is 16.6 Å². The maximum Gasteiger partial charge on any atom is 0.178 e. The number of ketones is 1. The van der Waals surface area contributed by atoms with Crippen LogP contribution in [0.3, 0.4) is 0 Å². The van der Waals surface area contributed by atoms with Crippen molar-refractivity contribution < 1.29 is 9.18 Å². The summed E-state index contributed by atoms with van der Waals surface area (Å²) < 4.78 is 12.5. The van der Waals surface area contributed by atoms with Gasteiger partial charge in [0.2, 0.25) is 0 Å². The van der Waals surface area contributed by atoms with Crippen molar-refractivity contribution in [1.29, 1.82) is 0 Å². The third-order valence-electron chi connectivity index (χ3n) is 1.12. The number of halogens is 2. The normalized spacial score (nSPS) is 9.73. The first kappa shape index (κ1) is 8.14. The molecule has 0 bridgehead atoms. The van der Waals surface area contributed by atoms with Gasteiger partial charge >= 0.3 is 0 Å². The zero-order chi connectivity index (χ0) is 8.43. The van der Waals surface area contributed by atoms with Crippen molar-refractivity contribution >= 4 is 17.4 Å². The lowest BCUT2D eigenvalue weighted by Crippen LogP contribution is -1.97. The number of nitrogens with zero attached hydrogens (tertiary/aromatic N) is 1. The molecule has 11 heavy (non-hydrogen) atoms. The van der Waals surface area contributed by atoms with Crippen LogP contribution in [0.15, 0.2) is 12.1 Å². The molecule has 1 aromatic rings. The second-order valence-corrected chi connectivity index (χ2v) is 2.44. The number of pyridine rings is 1. The molecule has 0 aliphatic rings. The summed E-state index contributed by atoms with van der Waals surface area (Å²) in [4.78, 5) is 14.3. The summed E-state index contributed by atoms with van der Waals surface area (Å²) in [6.07, 6.45) is 0. The van der Waals surface area contributed by atoms with Crippen LogP contribution in [0.5, 0.6) is 0 Å². The van der Waals surface area contributed by atoms with Gasteiger partial charge in [0.15, 0.2) is 5.78 Å². The van der Waals surface area contributed by atoms with Gasteiger partial charge in [0.05, 0.1) is 0 Å². The molecule has 0 radical (unpaired) electrons. The second kappa shape index (κ2) is 2.96. The molecule has 0 fully saturated rings. The Morgan fingerprint density at radius 1 is 1.64 bits per heavy atom. The number of aromatic nitrogens is 1. The van der Waals surface area contributed by atoms with Crippen LogP contribution in [0, 0.1) is 5.82 Å². The monoisotopic (exact) mass is 173 g/mol. The fraction of sp³-hybridized carbons (Fsp3) is 0.143. The topological polar surface area (TPSA) is 30.0 Å². The van der Waals surface area contributed by atoms with Crippen molar-refractivity contribution in [3.63, 3.8) is 0 Å². The number of carbonyl (C=O) groups is 1. The van der Waals surface area contributed by atoms with E-state index in [1.54, 1.807) is 0 Å². The van der Waals surface area contributed by atoms with Gasteiger partial charge < -0.3 is 0 Å². The van der Waals surface area contributed by atoms with Crippen molar-refractivity contribution in [2.24, 2.45) is 0 Å². The minimum Gasteiger partial charge on any atom is -0.293 e. The fourth-order valence-corrected chi connectivity index (χ4v) is 0.841. The van der Waals surface area contributed by atoms with Gasteiger partial charge in [0.25, 0.3) is 0 Å². The lowest BCUT2D eigenvalue weighted by molar-refractivity contribution is 0.101. The predicted octanol–water partition coefficient (Wildman–Crippen LogP) is 2.08. The molecule has 4 heteroatoms. The SMILES string of the molecule is CC(=O)c1cc(F)cc(Cl)n1. The summed E-state index contributed by atoms with van der Waals surface area (Å²) >= 11 is 5.39. The van der Waals surface area contributed by atoms with Gasteiger partial charge in [0.1, 0.15) is 16.7 Å². The first-order valence-electron chi connectivity index (χ1n) is 2.93. The van der Waals surface area contributed by atoms with Crippen LogP contribution in [-0.2, 0) is 0 Å². The minimum atomic E-state index is -0.546. The molecule has 0 aliphatic carbocycles. The van der Waals surface area contributed by atoms with Gasteiger partial charge in [-0.1, -0.05) is 11.6 Å². The maximum atomic E-state index is 12.5. The predicted molar refractivity (Wildman–Crippen MR) is 39.2 cm³/mol. The Morgan fingerprint density at radius 3 is 2.73 bits per heavy atom. The Balaban J connectivity index is 3.19. The van der Waals surface area contributed by atoms with E-state index in [4.69, 9.17) is 11.6 Å². The van der Waals surface area contributed by atoms with E-state index >= 15 is 0 Å². The zero-order valence-corrected chi connectivity index (χ0v) is 6.52. The number of hydrogen-bond acceptors (Lipinski definition) is 2. The second-order valence-electron chi connectivity index (χ2n) is 2.05. The lowest BCUT2D eigenvalue weighted by Gasteiger charge is -1.94. The van der Waals surface area contributed by atoms with Crippen molar-refractivity contribution in [1.82, 2.24) is 4.98 Å². The summed E-state index contributed by atoms with van der Waals surface area (Å²) in [5.74, 6) is -0.846. The summed E-state index contributed by atoms with van der Waals surface area (Å²) in [6, 6.07) is 2.10. The van der Waals surface area contributed by atoms with Gasteiger partial charge in [-0.2, -0.15) is 0 Å². The van der Waals surface area contributed by atoms with E-state index in [1.807, 2.05) is 0 Å². The highest BCUT2D eigenvalue weighted by atomic mass is 35.5. The number of Topliss-reactive ketones (excluding diaryl/α,β-unsaturated/α-hetero) is 1. The molecule has 1 aromatic heterocycles. The van der Waals surface area contributed by atoms with Crippen LogP contribution in [0.4, 0.5) is 4.39 Å². The van der Waals surface area contributed by atoms with E-state index < -0.39 is 5.82 Å². The van der Waals surface area contributed by atoms with Crippen LogP contribution >= 0.6 is 11.6 Å². The Hall–Kier alpha value is -0.960. The first-order chi connectivity index (χ1) is 5.09. The minimum absolute atomic E-state index is 0.00444. The average Bonchev–Trinajstić information content (AvgIpc) is 1.85. The van der Waals surface area contributed by atoms with Crippen molar-refractivity contribution in [2.45, 2.75) is 6.92 Å². The van der Waals surface area contributed by atoms with E-state index in [9.17, 15) is 9.18 Å². The zero-order valence-electron chi connectivity index (χ0n) is 5.77. The molecule has 0 spiro atoms. The maximum absolute atomic E-state index is 12.5. The molecule has 0 atom stereocenters. The Labute approximate surface area is 68.0 Å². The van der Waals surface area contributed by atoms with Crippen molar-refractivity contribution in [3.05, 3.63) is 28.8 Å². The van der Waals surface area contributed by atoms with Crippen molar-refractivity contribution in [3.8, 4) is 0 Å². The molecule has 1 rings (SSSR count). The summed E-state index contributed by atoms with van der Waals surface area (Å²) in [5, 5.41) is -0.00444. The van der Waals surface area contributed by atoms with E-state index in [2.05, 4.69) is 4.98 Å². The Kier molecular flexibility index (Phi) is 2.19. The highest BCUT2D eigenvalue weighted by molar-refractivity contribution is 6.29. The molecule has 0 aromatic carbocycles. The summed E-state index contributed by atoms with van der Waals surface area (Å²) in [6.45, 7) is 1.30. The van der Waals surface area contributed by atoms with Gasteiger partial charge in [-0.25, -0.2) is 9.37 Å². The average molecular weight is 174 g/mol. The molecule has 0 amide bonds. The number of carbonyl (C=O) groups excluding carboxylic acids is 1. The molecule has 0 aliphatic heterocycles. The molecule has 0 saturated carbocycles. The van der Waals surface area contributed by atoms with E-state index in [0.29, 0.717) is 0 Å². The third kappa shape index (κ3) is 1.98. The molecular weight excluding hydrogens is 169 g/mol. The van der Waals surface area contributed by atoms with Gasteiger partial charge in [0, 0.05) is 19.1 Å². The number of rotatable bonds is 1. The lowest BCUT2D eigenvalue weighted by atomic mass is 10.3. The summed E-state index contributed by atoms with van der Waals surface area (Å²) in [7, 11) is 0. The third-order valence-corrected chi connectivity index (χ3v) is 1.31. The van der Waals surface area contributed by atoms with Crippen LogP contribution in [0.2, 0.25) is 5.15 Å². The quantitative estimate of drug-likeness (QED) is 0.481. The van der Waals surface area contributed by atoms with Crippen LogP contribution in [0.1, 0.15) is 17.4 Å². The molecule has 0 unspecified atom stereocenters. The van der Waals surface area contributed by atoms with Crippen LogP contribution < -0.4 is 0 Å². The van der Waals surface area contributed by atoms with Crippen LogP contribution in [-0.4, -0.2) is 10.8 Å². The smallest absolute Gasteiger partial charge is 0.178 e. The molecule has 1 heterocycles. The largest absolute Gasteiger partial charge is 0.293 e. The highest BCUT2D eigenvalue weighted by Gasteiger charge is 2.04. The van der Waals surface area contributed by atoms with Crippen molar-refractivity contribution in [2.75, 3.05) is 0 Å². The van der Waals surface area contributed by atoms with Gasteiger partial charge in [-0.15, -0.1) is 0 Å². The Bertz CT molecular complexity index is 280. The highest BCUT2D eigenvalue weighted by Crippen LogP contribution is 2.09. The van der Waals surface area contributed by atoms with Gasteiger partial charge in [-0.05, 0) is 0 Å².